The number of amides is 2. The van der Waals surface area contributed by atoms with Crippen molar-refractivity contribution in [2.45, 2.75) is 45.8 Å². The number of hydrogen-bond acceptors (Lipinski definition) is 7. The molecule has 0 saturated heterocycles. The number of benzene rings is 3. The Kier molecular flexibility index (Phi) is 9.70. The van der Waals surface area contributed by atoms with E-state index in [4.69, 9.17) is 20.9 Å². The maximum atomic E-state index is 14.1. The Morgan fingerprint density at radius 3 is 2.27 bits per heavy atom. The lowest BCUT2D eigenvalue weighted by Crippen LogP contribution is -2.46. The molecule has 1 heterocycles. The van der Waals surface area contributed by atoms with Crippen LogP contribution in [0, 0.1) is 13.8 Å². The van der Waals surface area contributed by atoms with Crippen LogP contribution in [0.1, 0.15) is 61.8 Å². The molecule has 6 N–H and O–H groups in total. The van der Waals surface area contributed by atoms with Gasteiger partial charge in [0.05, 0.1) is 43.8 Å². The van der Waals surface area contributed by atoms with Gasteiger partial charge in [0.1, 0.15) is 5.82 Å². The average Bonchev–Trinajstić information content (AvgIpc) is 3.51. The fraction of sp³-hybridized carbons (Fsp3) is 0.273. The zero-order valence-electron chi connectivity index (χ0n) is 25.4. The van der Waals surface area contributed by atoms with E-state index in [0.717, 1.165) is 22.3 Å². The number of methoxy groups -OCH3 is 2. The molecule has 1 aromatic heterocycles. The lowest BCUT2D eigenvalue weighted by Gasteiger charge is -2.31. The summed E-state index contributed by atoms with van der Waals surface area (Å²) < 4.78 is 10.8. The van der Waals surface area contributed by atoms with Gasteiger partial charge in [-0.3, -0.25) is 9.59 Å². The first-order valence-electron chi connectivity index (χ1n) is 14.0. The van der Waals surface area contributed by atoms with Crippen molar-refractivity contribution in [1.29, 1.82) is 0 Å². The molecule has 0 fully saturated rings. The lowest BCUT2D eigenvalue weighted by atomic mass is 9.93. The first-order valence-corrected chi connectivity index (χ1v) is 14.0. The number of nitrogens with two attached hydrogens (primary N) is 2. The van der Waals surface area contributed by atoms with E-state index in [0.29, 0.717) is 34.1 Å². The standard InChI is InChI=1S/C33H37N5O6/c1-18-11-24(30(35)39)12-19(2)25(18)15-26(34)32(40)38(17-21-9-10-28(43-4)29(13-21)44-5)20(3)31-36-16-27(37-31)22-7-6-8-23(14-22)33(41)42/h6-14,16,20,26H,15,17,34H2,1-5H3,(H2,35,39)(H,36,37)(H,41,42)/t20-,26-/m0/s1. The molecule has 0 bridgehead atoms. The van der Waals surface area contributed by atoms with Crippen molar-refractivity contribution in [2.24, 2.45) is 11.5 Å². The van der Waals surface area contributed by atoms with Gasteiger partial charge in [0.2, 0.25) is 11.8 Å². The fourth-order valence-electron chi connectivity index (χ4n) is 5.22. The molecule has 4 aromatic rings. The van der Waals surface area contributed by atoms with Crippen LogP contribution in [-0.4, -0.2) is 58.0 Å². The maximum absolute atomic E-state index is 14.1. The molecule has 4 rings (SSSR count). The van der Waals surface area contributed by atoms with Crippen molar-refractivity contribution in [1.82, 2.24) is 14.9 Å². The number of aromatic nitrogens is 2. The van der Waals surface area contributed by atoms with Crippen LogP contribution in [0.5, 0.6) is 11.5 Å². The monoisotopic (exact) mass is 599 g/mol. The third kappa shape index (κ3) is 6.90. The number of aryl methyl sites for hydroxylation is 2. The Morgan fingerprint density at radius 1 is 0.977 bits per heavy atom. The molecule has 2 amide bonds. The molecule has 0 saturated carbocycles. The summed E-state index contributed by atoms with van der Waals surface area (Å²) in [6.07, 6.45) is 1.86. The van der Waals surface area contributed by atoms with Crippen molar-refractivity contribution in [3.8, 4) is 22.8 Å². The number of imidazole rings is 1. The van der Waals surface area contributed by atoms with Crippen LogP contribution in [0.4, 0.5) is 0 Å². The van der Waals surface area contributed by atoms with E-state index in [2.05, 4.69) is 9.97 Å². The number of carbonyl (C=O) groups excluding carboxylic acids is 2. The zero-order valence-corrected chi connectivity index (χ0v) is 25.4. The minimum Gasteiger partial charge on any atom is -0.493 e. The van der Waals surface area contributed by atoms with Gasteiger partial charge < -0.3 is 35.9 Å². The molecule has 0 aliphatic rings. The first-order chi connectivity index (χ1) is 20.9. The van der Waals surface area contributed by atoms with Crippen LogP contribution >= 0.6 is 0 Å². The number of H-pyrrole nitrogens is 1. The molecular formula is C33H37N5O6. The molecule has 0 aliphatic heterocycles. The fourth-order valence-corrected chi connectivity index (χ4v) is 5.22. The second-order valence-corrected chi connectivity index (χ2v) is 10.7. The number of nitrogens with zero attached hydrogens (tertiary/aromatic N) is 2. The Balaban J connectivity index is 1.68. The van der Waals surface area contributed by atoms with E-state index in [1.54, 1.807) is 67.8 Å². The summed E-state index contributed by atoms with van der Waals surface area (Å²) >= 11 is 0. The van der Waals surface area contributed by atoms with Gasteiger partial charge in [-0.25, -0.2) is 9.78 Å². The molecule has 2 atom stereocenters. The predicted molar refractivity (Wildman–Crippen MR) is 166 cm³/mol. The molecule has 11 heteroatoms. The molecule has 230 valence electrons. The third-order valence-corrected chi connectivity index (χ3v) is 7.68. The zero-order chi connectivity index (χ0) is 32.1. The summed E-state index contributed by atoms with van der Waals surface area (Å²) in [5.41, 5.74) is 17.2. The van der Waals surface area contributed by atoms with Crippen molar-refractivity contribution in [2.75, 3.05) is 14.2 Å². The molecule has 0 unspecified atom stereocenters. The van der Waals surface area contributed by atoms with E-state index in [9.17, 15) is 19.5 Å². The highest BCUT2D eigenvalue weighted by Crippen LogP contribution is 2.31. The average molecular weight is 600 g/mol. The van der Waals surface area contributed by atoms with Gasteiger partial charge in [-0.2, -0.15) is 0 Å². The van der Waals surface area contributed by atoms with Gasteiger partial charge in [0.15, 0.2) is 11.5 Å². The number of primary amides is 1. The topological polar surface area (TPSA) is 174 Å². The number of carboxylic acid groups (broad SMARTS) is 1. The molecule has 0 aliphatic carbocycles. The van der Waals surface area contributed by atoms with E-state index in [1.807, 2.05) is 26.8 Å². The number of hydrogen-bond donors (Lipinski definition) is 4. The molecular weight excluding hydrogens is 562 g/mol. The number of aromatic carboxylic acids is 1. The second kappa shape index (κ2) is 13.4. The highest BCUT2D eigenvalue weighted by atomic mass is 16.5. The van der Waals surface area contributed by atoms with Gasteiger partial charge in [-0.05, 0) is 85.8 Å². The number of ether oxygens (including phenoxy) is 2. The summed E-state index contributed by atoms with van der Waals surface area (Å²) in [6.45, 7) is 5.76. The van der Waals surface area contributed by atoms with Crippen LogP contribution in [0.3, 0.4) is 0 Å². The number of rotatable bonds is 12. The van der Waals surface area contributed by atoms with E-state index < -0.39 is 24.0 Å². The molecule has 44 heavy (non-hydrogen) atoms. The highest BCUT2D eigenvalue weighted by molar-refractivity contribution is 5.93. The first kappa shape index (κ1) is 31.8. The largest absolute Gasteiger partial charge is 0.493 e. The number of carboxylic acids is 1. The van der Waals surface area contributed by atoms with Crippen molar-refractivity contribution < 1.29 is 29.0 Å². The van der Waals surface area contributed by atoms with Crippen molar-refractivity contribution >= 4 is 17.8 Å². The SMILES string of the molecule is COc1ccc(CN(C(=O)[C@@H](N)Cc2c(C)cc(C(N)=O)cc2C)[C@@H](C)c2ncc(-c3cccc(C(=O)O)c3)[nH]2)cc1OC. The number of carbonyl (C=O) groups is 3. The smallest absolute Gasteiger partial charge is 0.335 e. The summed E-state index contributed by atoms with van der Waals surface area (Å²) in [4.78, 5) is 46.8. The van der Waals surface area contributed by atoms with Crippen LogP contribution in [-0.2, 0) is 17.8 Å². The van der Waals surface area contributed by atoms with Gasteiger partial charge in [-0.15, -0.1) is 0 Å². The van der Waals surface area contributed by atoms with Crippen LogP contribution < -0.4 is 20.9 Å². The van der Waals surface area contributed by atoms with Gasteiger partial charge >= 0.3 is 5.97 Å². The second-order valence-electron chi connectivity index (χ2n) is 10.7. The van der Waals surface area contributed by atoms with Crippen LogP contribution in [0.2, 0.25) is 0 Å². The van der Waals surface area contributed by atoms with E-state index >= 15 is 0 Å². The minimum atomic E-state index is -1.03. The van der Waals surface area contributed by atoms with Crippen LogP contribution in [0.25, 0.3) is 11.3 Å². The van der Waals surface area contributed by atoms with E-state index in [1.165, 1.54) is 6.07 Å². The summed E-state index contributed by atoms with van der Waals surface area (Å²) in [5, 5.41) is 9.40. The van der Waals surface area contributed by atoms with Crippen LogP contribution in [0.15, 0.2) is 60.8 Å². The predicted octanol–water partition coefficient (Wildman–Crippen LogP) is 4.17. The quantitative estimate of drug-likeness (QED) is 0.188. The number of aromatic amines is 1. The maximum Gasteiger partial charge on any atom is 0.335 e. The number of nitrogens with one attached hydrogen (secondary N) is 1. The summed E-state index contributed by atoms with van der Waals surface area (Å²) in [5.74, 6) is -0.283. The van der Waals surface area contributed by atoms with Gasteiger partial charge in [0.25, 0.3) is 0 Å². The summed E-state index contributed by atoms with van der Waals surface area (Å²) in [6, 6.07) is 13.9. The molecule has 0 radical (unpaired) electrons. The Bertz CT molecular complexity index is 1670. The highest BCUT2D eigenvalue weighted by Gasteiger charge is 2.29. The normalized spacial score (nSPS) is 12.3. The molecule has 3 aromatic carbocycles. The molecule has 11 nitrogen and oxygen atoms in total. The summed E-state index contributed by atoms with van der Waals surface area (Å²) in [7, 11) is 3.09. The third-order valence-electron chi connectivity index (χ3n) is 7.68. The van der Waals surface area contributed by atoms with Gasteiger partial charge in [-0.1, -0.05) is 18.2 Å². The van der Waals surface area contributed by atoms with Crippen molar-refractivity contribution in [3.05, 3.63) is 100.0 Å². The minimum absolute atomic E-state index is 0.150. The lowest BCUT2D eigenvalue weighted by molar-refractivity contribution is -0.135. The van der Waals surface area contributed by atoms with E-state index in [-0.39, 0.29) is 24.4 Å². The van der Waals surface area contributed by atoms with Crippen molar-refractivity contribution in [3.63, 3.8) is 0 Å². The Hall–Kier alpha value is -5.16. The Morgan fingerprint density at radius 2 is 1.66 bits per heavy atom. The Labute approximate surface area is 255 Å². The molecule has 0 spiro atoms. The van der Waals surface area contributed by atoms with Gasteiger partial charge in [0, 0.05) is 17.7 Å².